The molecule has 0 bridgehead atoms. The van der Waals surface area contributed by atoms with Crippen LogP contribution in [0.4, 0.5) is 0 Å². The third-order valence-corrected chi connectivity index (χ3v) is 4.65. The second-order valence-electron chi connectivity index (χ2n) is 3.53. The third kappa shape index (κ3) is 2.09. The Labute approximate surface area is 106 Å². The van der Waals surface area contributed by atoms with Crippen LogP contribution >= 0.6 is 0 Å². The fraction of sp³-hybridized carbons (Fsp3) is 0.273. The average molecular weight is 261 g/mol. The summed E-state index contributed by atoms with van der Waals surface area (Å²) in [5, 5.41) is 0. The molecule has 0 saturated carbocycles. The Bertz CT molecular complexity index is 345. The van der Waals surface area contributed by atoms with Crippen molar-refractivity contribution in [1.82, 2.24) is 0 Å². The molecular weight excluding hydrogens is 251 g/mol. The molecule has 2 aliphatic rings. The SMILES string of the molecule is C1=CC([CH]2[CH2][Ti+2]2)c2ccccc21.[Cl-].[Cl-]. The number of hydrogen-bond donors (Lipinski definition) is 0. The Kier molecular flexibility index (Phi) is 4.27. The summed E-state index contributed by atoms with van der Waals surface area (Å²) in [6.45, 7) is 0. The largest absolute Gasteiger partial charge is 1.00 e. The van der Waals surface area contributed by atoms with E-state index >= 15 is 0 Å². The molecule has 0 N–H and O–H groups in total. The maximum Gasteiger partial charge on any atom is -1.00 e. The maximum atomic E-state index is 2.41. The second-order valence-corrected chi connectivity index (χ2v) is 5.96. The molecule has 1 aliphatic heterocycles. The van der Waals surface area contributed by atoms with Crippen molar-refractivity contribution in [2.24, 2.45) is 0 Å². The van der Waals surface area contributed by atoms with E-state index in [2.05, 4.69) is 36.4 Å². The molecule has 0 spiro atoms. The van der Waals surface area contributed by atoms with E-state index in [1.165, 1.54) is 5.56 Å². The normalized spacial score (nSPS) is 24.9. The molecule has 0 aromatic heterocycles. The Morgan fingerprint density at radius 3 is 2.57 bits per heavy atom. The standard InChI is InChI=1S/C11H10.2ClH.Ti/c1-2-9-7-8-10-5-3-4-6-11(9)10;;;/h2-9H,1H2;2*1H;/q;;;+2/p-2. The number of halogens is 2. The van der Waals surface area contributed by atoms with Gasteiger partial charge in [-0.15, -0.1) is 0 Å². The van der Waals surface area contributed by atoms with E-state index in [9.17, 15) is 0 Å². The monoisotopic (exact) mass is 260 g/mol. The van der Waals surface area contributed by atoms with Crippen LogP contribution in [0, 0.1) is 0 Å². The molecule has 0 radical (unpaired) electrons. The summed E-state index contributed by atoms with van der Waals surface area (Å²) in [6.07, 6.45) is 4.70. The first-order valence-corrected chi connectivity index (χ1v) is 6.46. The van der Waals surface area contributed by atoms with E-state index < -0.39 is 0 Å². The molecule has 0 nitrogen and oxygen atoms in total. The van der Waals surface area contributed by atoms with Crippen molar-refractivity contribution in [2.45, 2.75) is 14.9 Å². The Morgan fingerprint density at radius 2 is 1.86 bits per heavy atom. The van der Waals surface area contributed by atoms with Crippen molar-refractivity contribution in [3.05, 3.63) is 41.5 Å². The topological polar surface area (TPSA) is 0 Å². The Hall–Kier alpha value is 0.254. The van der Waals surface area contributed by atoms with Crippen LogP contribution in [0.1, 0.15) is 17.0 Å². The molecule has 1 aromatic carbocycles. The molecule has 1 aromatic rings. The predicted octanol–water partition coefficient (Wildman–Crippen LogP) is -2.89. The second kappa shape index (κ2) is 4.85. The van der Waals surface area contributed by atoms with Crippen LogP contribution in [-0.2, 0) is 19.2 Å². The van der Waals surface area contributed by atoms with Crippen molar-refractivity contribution in [2.75, 3.05) is 0 Å². The van der Waals surface area contributed by atoms with E-state index in [4.69, 9.17) is 0 Å². The van der Waals surface area contributed by atoms with Gasteiger partial charge in [0.25, 0.3) is 0 Å². The van der Waals surface area contributed by atoms with E-state index in [1.54, 1.807) is 10.3 Å². The zero-order valence-electron chi connectivity index (χ0n) is 7.58. The Morgan fingerprint density at radius 1 is 1.14 bits per heavy atom. The van der Waals surface area contributed by atoms with Crippen molar-refractivity contribution in [3.8, 4) is 0 Å². The van der Waals surface area contributed by atoms with Gasteiger partial charge >= 0.3 is 81.6 Å². The van der Waals surface area contributed by atoms with Crippen LogP contribution in [0.5, 0.6) is 0 Å². The van der Waals surface area contributed by atoms with Gasteiger partial charge in [0.1, 0.15) is 0 Å². The van der Waals surface area contributed by atoms with E-state index in [0.29, 0.717) is 19.2 Å². The molecule has 72 valence electrons. The molecule has 1 fully saturated rings. The van der Waals surface area contributed by atoms with E-state index in [0.717, 1.165) is 10.1 Å². The minimum atomic E-state index is 0. The maximum absolute atomic E-state index is 2.41. The van der Waals surface area contributed by atoms with Crippen molar-refractivity contribution in [3.63, 3.8) is 0 Å². The van der Waals surface area contributed by atoms with Gasteiger partial charge in [0.2, 0.25) is 0 Å². The molecule has 0 amide bonds. The average Bonchev–Trinajstić information content (AvgIpc) is 2.86. The quantitative estimate of drug-likeness (QED) is 0.476. The summed E-state index contributed by atoms with van der Waals surface area (Å²) >= 11 is 0.468. The summed E-state index contributed by atoms with van der Waals surface area (Å²) < 4.78 is 2.65. The van der Waals surface area contributed by atoms with Gasteiger partial charge < -0.3 is 24.8 Å². The van der Waals surface area contributed by atoms with Crippen LogP contribution < -0.4 is 24.8 Å². The molecule has 1 heterocycles. The molecule has 3 rings (SSSR count). The van der Waals surface area contributed by atoms with Crippen LogP contribution in [0.2, 0.25) is 8.95 Å². The smallest absolute Gasteiger partial charge is 1.00 e. The minimum absolute atomic E-state index is 0. The van der Waals surface area contributed by atoms with Gasteiger partial charge in [-0.3, -0.25) is 0 Å². The van der Waals surface area contributed by atoms with Gasteiger partial charge in [-0.25, -0.2) is 0 Å². The van der Waals surface area contributed by atoms with Crippen LogP contribution in [0.3, 0.4) is 0 Å². The van der Waals surface area contributed by atoms with Gasteiger partial charge in [-0.05, 0) is 0 Å². The molecule has 3 heteroatoms. The number of rotatable bonds is 1. The molecule has 2 atom stereocenters. The van der Waals surface area contributed by atoms with Crippen LogP contribution in [0.25, 0.3) is 6.08 Å². The molecule has 14 heavy (non-hydrogen) atoms. The fourth-order valence-corrected chi connectivity index (χ4v) is 3.41. The summed E-state index contributed by atoms with van der Waals surface area (Å²) in [5.41, 5.74) is 3.05. The first kappa shape index (κ1) is 12.3. The number of hydrogen-bond acceptors (Lipinski definition) is 0. The van der Waals surface area contributed by atoms with E-state index in [-0.39, 0.29) is 24.8 Å². The first-order valence-electron chi connectivity index (χ1n) is 4.46. The summed E-state index contributed by atoms with van der Waals surface area (Å²) in [5.74, 6) is 0.807. The third-order valence-electron chi connectivity index (χ3n) is 2.71. The van der Waals surface area contributed by atoms with Gasteiger partial charge in [0, 0.05) is 0 Å². The minimum Gasteiger partial charge on any atom is -1.00 e. The molecule has 2 unspecified atom stereocenters. The van der Waals surface area contributed by atoms with Crippen molar-refractivity contribution >= 4 is 6.08 Å². The number of allylic oxidation sites excluding steroid dienone is 1. The summed E-state index contributed by atoms with van der Waals surface area (Å²) in [6, 6.07) is 8.83. The summed E-state index contributed by atoms with van der Waals surface area (Å²) in [4.78, 5) is 0. The first-order chi connectivity index (χ1) is 5.95. The van der Waals surface area contributed by atoms with Gasteiger partial charge in [0.05, 0.1) is 0 Å². The number of benzene rings is 1. The van der Waals surface area contributed by atoms with Gasteiger partial charge in [0.15, 0.2) is 0 Å². The zero-order chi connectivity index (χ0) is 7.97. The molecule has 1 saturated heterocycles. The predicted molar refractivity (Wildman–Crippen MR) is 46.8 cm³/mol. The number of fused-ring (bicyclic) bond motifs is 1. The van der Waals surface area contributed by atoms with E-state index in [1.807, 2.05) is 0 Å². The molecular formula is C11H10Cl2Ti. The van der Waals surface area contributed by atoms with Gasteiger partial charge in [-0.2, -0.15) is 0 Å². The van der Waals surface area contributed by atoms with Gasteiger partial charge in [-0.1, -0.05) is 0 Å². The van der Waals surface area contributed by atoms with Crippen molar-refractivity contribution in [1.29, 1.82) is 0 Å². The zero-order valence-corrected chi connectivity index (χ0v) is 10.7. The Balaban J connectivity index is 0.000000490. The van der Waals surface area contributed by atoms with Crippen molar-refractivity contribution < 1.29 is 44.0 Å². The summed E-state index contributed by atoms with van der Waals surface area (Å²) in [7, 11) is 0. The van der Waals surface area contributed by atoms with Crippen LogP contribution in [0.15, 0.2) is 30.3 Å². The van der Waals surface area contributed by atoms with Crippen LogP contribution in [-0.4, -0.2) is 0 Å². The molecule has 1 aliphatic carbocycles. The fourth-order valence-electron chi connectivity index (χ4n) is 1.95.